The highest BCUT2D eigenvalue weighted by Gasteiger charge is 2.00. The summed E-state index contributed by atoms with van der Waals surface area (Å²) < 4.78 is 11.6. The Hall–Kier alpha value is -0.110. The third kappa shape index (κ3) is 6.02. The van der Waals surface area contributed by atoms with Gasteiger partial charge in [-0.25, -0.2) is 4.39 Å². The molecule has 0 aromatic heterocycles. The van der Waals surface area contributed by atoms with Crippen LogP contribution >= 0.6 is 0 Å². The van der Waals surface area contributed by atoms with Crippen LogP contribution in [0.3, 0.4) is 0 Å². The van der Waals surface area contributed by atoms with E-state index in [1.165, 1.54) is 12.8 Å². The average molecular weight is 148 g/mol. The van der Waals surface area contributed by atoms with Gasteiger partial charge in [0.1, 0.15) is 6.67 Å². The molecule has 0 fully saturated rings. The summed E-state index contributed by atoms with van der Waals surface area (Å²) in [6.45, 7) is 1.54. The van der Waals surface area contributed by atoms with Crippen LogP contribution in [0.2, 0.25) is 0 Å². The predicted molar refractivity (Wildman–Crippen MR) is 40.7 cm³/mol. The molecule has 0 heterocycles. The summed E-state index contributed by atoms with van der Waals surface area (Å²) in [6.07, 6.45) is 4.37. The molecule has 0 aliphatic heterocycles. The van der Waals surface area contributed by atoms with Crippen LogP contribution in [-0.4, -0.2) is 17.9 Å². The Bertz CT molecular complexity index is 66.3. The van der Waals surface area contributed by atoms with Gasteiger partial charge in [0.15, 0.2) is 0 Å². The lowest BCUT2D eigenvalue weighted by molar-refractivity contribution is 0.128. The summed E-state index contributed by atoms with van der Waals surface area (Å²) in [5, 5.41) is 8.78. The van der Waals surface area contributed by atoms with Gasteiger partial charge in [-0.15, -0.1) is 0 Å². The molecule has 0 radical (unpaired) electrons. The summed E-state index contributed by atoms with van der Waals surface area (Å²) >= 11 is 0. The summed E-state index contributed by atoms with van der Waals surface area (Å²) in [7, 11) is 0. The Morgan fingerprint density at radius 3 is 2.50 bits per heavy atom. The minimum atomic E-state index is -0.711. The van der Waals surface area contributed by atoms with Crippen molar-refractivity contribution in [1.82, 2.24) is 0 Å². The van der Waals surface area contributed by atoms with Crippen LogP contribution in [0.5, 0.6) is 0 Å². The van der Waals surface area contributed by atoms with Crippen molar-refractivity contribution >= 4 is 0 Å². The van der Waals surface area contributed by atoms with E-state index in [9.17, 15) is 4.39 Å². The van der Waals surface area contributed by atoms with Crippen LogP contribution in [0, 0.1) is 0 Å². The molecular formula is C8H17FO. The molecule has 2 heteroatoms. The molecule has 0 aliphatic rings. The SMILES string of the molecule is CCCCCCC(O)CF. The Balaban J connectivity index is 2.89. The fourth-order valence-electron chi connectivity index (χ4n) is 0.884. The molecule has 10 heavy (non-hydrogen) atoms. The molecule has 0 saturated heterocycles. The second-order valence-corrected chi connectivity index (χ2v) is 2.66. The van der Waals surface area contributed by atoms with E-state index in [1.54, 1.807) is 0 Å². The third-order valence-corrected chi connectivity index (χ3v) is 1.57. The van der Waals surface area contributed by atoms with Gasteiger partial charge in [0, 0.05) is 0 Å². The molecule has 0 aromatic rings. The molecule has 1 unspecified atom stereocenters. The maximum atomic E-state index is 11.6. The highest BCUT2D eigenvalue weighted by atomic mass is 19.1. The second kappa shape index (κ2) is 7.00. The van der Waals surface area contributed by atoms with Gasteiger partial charge in [-0.2, -0.15) is 0 Å². The molecule has 1 nitrogen and oxygen atoms in total. The predicted octanol–water partition coefficient (Wildman–Crippen LogP) is 2.29. The van der Waals surface area contributed by atoms with E-state index in [-0.39, 0.29) is 0 Å². The monoisotopic (exact) mass is 148 g/mol. The molecule has 0 bridgehead atoms. The van der Waals surface area contributed by atoms with Crippen LogP contribution in [0.15, 0.2) is 0 Å². The van der Waals surface area contributed by atoms with E-state index < -0.39 is 12.8 Å². The maximum absolute atomic E-state index is 11.6. The van der Waals surface area contributed by atoms with Crippen molar-refractivity contribution in [2.75, 3.05) is 6.67 Å². The zero-order valence-corrected chi connectivity index (χ0v) is 6.65. The molecule has 0 rings (SSSR count). The van der Waals surface area contributed by atoms with E-state index in [0.29, 0.717) is 6.42 Å². The Morgan fingerprint density at radius 2 is 2.00 bits per heavy atom. The zero-order chi connectivity index (χ0) is 7.82. The molecule has 0 aromatic carbocycles. The first kappa shape index (κ1) is 9.89. The average Bonchev–Trinajstić information content (AvgIpc) is 1.98. The van der Waals surface area contributed by atoms with Crippen LogP contribution in [0.1, 0.15) is 39.0 Å². The van der Waals surface area contributed by atoms with Gasteiger partial charge in [0.2, 0.25) is 0 Å². The third-order valence-electron chi connectivity index (χ3n) is 1.57. The van der Waals surface area contributed by atoms with Gasteiger partial charge in [-0.05, 0) is 6.42 Å². The van der Waals surface area contributed by atoms with E-state index in [0.717, 1.165) is 12.8 Å². The summed E-state index contributed by atoms with van der Waals surface area (Å²) in [5.41, 5.74) is 0. The van der Waals surface area contributed by atoms with Crippen molar-refractivity contribution in [2.24, 2.45) is 0 Å². The zero-order valence-electron chi connectivity index (χ0n) is 6.65. The highest BCUT2D eigenvalue weighted by molar-refractivity contribution is 4.52. The van der Waals surface area contributed by atoms with Crippen molar-refractivity contribution in [3.63, 3.8) is 0 Å². The summed E-state index contributed by atoms with van der Waals surface area (Å²) in [6, 6.07) is 0. The van der Waals surface area contributed by atoms with Crippen LogP contribution in [-0.2, 0) is 0 Å². The molecule has 0 spiro atoms. The molecule has 1 atom stereocenters. The summed E-state index contributed by atoms with van der Waals surface area (Å²) in [4.78, 5) is 0. The van der Waals surface area contributed by atoms with Gasteiger partial charge < -0.3 is 5.11 Å². The smallest absolute Gasteiger partial charge is 0.115 e. The number of hydrogen-bond acceptors (Lipinski definition) is 1. The minimum absolute atomic E-state index is 0.591. The quantitative estimate of drug-likeness (QED) is 0.573. The molecule has 62 valence electrons. The number of aliphatic hydroxyl groups excluding tert-OH is 1. The van der Waals surface area contributed by atoms with Crippen molar-refractivity contribution in [1.29, 1.82) is 0 Å². The highest BCUT2D eigenvalue weighted by Crippen LogP contribution is 2.05. The van der Waals surface area contributed by atoms with Gasteiger partial charge in [0.25, 0.3) is 0 Å². The van der Waals surface area contributed by atoms with Crippen molar-refractivity contribution < 1.29 is 9.50 Å². The number of aliphatic hydroxyl groups is 1. The van der Waals surface area contributed by atoms with Crippen LogP contribution in [0.25, 0.3) is 0 Å². The maximum Gasteiger partial charge on any atom is 0.115 e. The first-order chi connectivity index (χ1) is 4.81. The van der Waals surface area contributed by atoms with Crippen molar-refractivity contribution in [2.45, 2.75) is 45.1 Å². The Kier molecular flexibility index (Phi) is 6.93. The number of unbranched alkanes of at least 4 members (excludes halogenated alkanes) is 3. The molecule has 0 aliphatic carbocycles. The lowest BCUT2D eigenvalue weighted by Gasteiger charge is -2.03. The van der Waals surface area contributed by atoms with E-state index in [4.69, 9.17) is 5.11 Å². The van der Waals surface area contributed by atoms with E-state index >= 15 is 0 Å². The number of halogens is 1. The standard InChI is InChI=1S/C8H17FO/c1-2-3-4-5-6-8(10)7-9/h8,10H,2-7H2,1H3. The summed E-state index contributed by atoms with van der Waals surface area (Å²) in [5.74, 6) is 0. The van der Waals surface area contributed by atoms with Crippen molar-refractivity contribution in [3.05, 3.63) is 0 Å². The van der Waals surface area contributed by atoms with Gasteiger partial charge >= 0.3 is 0 Å². The van der Waals surface area contributed by atoms with Crippen LogP contribution < -0.4 is 0 Å². The second-order valence-electron chi connectivity index (χ2n) is 2.66. The normalized spacial score (nSPS) is 13.5. The fourth-order valence-corrected chi connectivity index (χ4v) is 0.884. The van der Waals surface area contributed by atoms with Crippen molar-refractivity contribution in [3.8, 4) is 0 Å². The fraction of sp³-hybridized carbons (Fsp3) is 1.00. The van der Waals surface area contributed by atoms with Gasteiger partial charge in [-0.1, -0.05) is 32.6 Å². The molecule has 0 saturated carbocycles. The van der Waals surface area contributed by atoms with Gasteiger partial charge in [-0.3, -0.25) is 0 Å². The van der Waals surface area contributed by atoms with Gasteiger partial charge in [0.05, 0.1) is 6.10 Å². The number of rotatable bonds is 6. The number of hydrogen-bond donors (Lipinski definition) is 1. The Morgan fingerprint density at radius 1 is 1.30 bits per heavy atom. The molecular weight excluding hydrogens is 131 g/mol. The van der Waals surface area contributed by atoms with Crippen LogP contribution in [0.4, 0.5) is 4.39 Å². The number of alkyl halides is 1. The lowest BCUT2D eigenvalue weighted by Crippen LogP contribution is -2.07. The first-order valence-electron chi connectivity index (χ1n) is 4.05. The largest absolute Gasteiger partial charge is 0.390 e. The molecule has 0 amide bonds. The minimum Gasteiger partial charge on any atom is -0.390 e. The molecule has 1 N–H and O–H groups in total. The van der Waals surface area contributed by atoms with E-state index in [2.05, 4.69) is 6.92 Å². The topological polar surface area (TPSA) is 20.2 Å². The van der Waals surface area contributed by atoms with E-state index in [1.807, 2.05) is 0 Å². The Labute approximate surface area is 62.3 Å². The lowest BCUT2D eigenvalue weighted by atomic mass is 10.1. The first-order valence-corrected chi connectivity index (χ1v) is 4.05.